The minimum absolute atomic E-state index is 0.223. The summed E-state index contributed by atoms with van der Waals surface area (Å²) in [4.78, 5) is 31.6. The van der Waals surface area contributed by atoms with E-state index in [1.165, 1.54) is 5.39 Å². The molecule has 4 heterocycles. The van der Waals surface area contributed by atoms with Crippen molar-refractivity contribution in [3.05, 3.63) is 174 Å². The third kappa shape index (κ3) is 4.60. The Morgan fingerprint density at radius 3 is 1.82 bits per heavy atom. The minimum atomic E-state index is -0.223. The normalized spacial score (nSPS) is 11.6. The summed E-state index contributed by atoms with van der Waals surface area (Å²) in [6, 6.07) is 53.5. The summed E-state index contributed by atoms with van der Waals surface area (Å²) in [7, 11) is 0. The van der Waals surface area contributed by atoms with Crippen LogP contribution in [0.4, 0.5) is 0 Å². The summed E-state index contributed by atoms with van der Waals surface area (Å²) < 4.78 is 4.20. The summed E-state index contributed by atoms with van der Waals surface area (Å²) >= 11 is 0. The fourth-order valence-electron chi connectivity index (χ4n) is 7.37. The molecular formula is C44H28N6O. The van der Waals surface area contributed by atoms with Gasteiger partial charge in [-0.1, -0.05) is 115 Å². The smallest absolute Gasteiger partial charge is 0.272 e. The van der Waals surface area contributed by atoms with Gasteiger partial charge in [0.05, 0.1) is 16.6 Å². The molecule has 0 aliphatic rings. The van der Waals surface area contributed by atoms with Crippen LogP contribution < -0.4 is 5.56 Å². The third-order valence-electron chi connectivity index (χ3n) is 9.60. The molecule has 240 valence electrons. The molecule has 0 spiro atoms. The number of H-pyrrole nitrogens is 1. The minimum Gasteiger partial charge on any atom is -0.327 e. The molecule has 0 saturated heterocycles. The molecule has 0 atom stereocenters. The molecule has 0 radical (unpaired) electrons. The van der Waals surface area contributed by atoms with Gasteiger partial charge in [0.25, 0.3) is 5.56 Å². The first kappa shape index (κ1) is 28.9. The third-order valence-corrected chi connectivity index (χ3v) is 9.60. The van der Waals surface area contributed by atoms with Gasteiger partial charge in [-0.25, -0.2) is 4.98 Å². The predicted octanol–water partition coefficient (Wildman–Crippen LogP) is 9.76. The zero-order valence-electron chi connectivity index (χ0n) is 27.2. The van der Waals surface area contributed by atoms with Crippen molar-refractivity contribution in [3.8, 4) is 45.5 Å². The van der Waals surface area contributed by atoms with Crippen LogP contribution in [-0.2, 0) is 0 Å². The molecule has 10 aromatic rings. The van der Waals surface area contributed by atoms with Crippen LogP contribution in [0.15, 0.2) is 169 Å². The van der Waals surface area contributed by atoms with Crippen LogP contribution >= 0.6 is 0 Å². The van der Waals surface area contributed by atoms with Crippen molar-refractivity contribution < 1.29 is 0 Å². The lowest BCUT2D eigenvalue weighted by Crippen LogP contribution is -2.12. The molecule has 0 aliphatic carbocycles. The van der Waals surface area contributed by atoms with E-state index < -0.39 is 0 Å². The number of nitrogens with one attached hydrogen (secondary N) is 1. The molecule has 0 fully saturated rings. The van der Waals surface area contributed by atoms with Gasteiger partial charge in [0.15, 0.2) is 11.6 Å². The van der Waals surface area contributed by atoms with Crippen LogP contribution in [0, 0.1) is 0 Å². The van der Waals surface area contributed by atoms with Crippen LogP contribution in [0.1, 0.15) is 0 Å². The molecule has 51 heavy (non-hydrogen) atoms. The summed E-state index contributed by atoms with van der Waals surface area (Å²) in [5.74, 6) is 1.43. The number of fused-ring (bicyclic) bond motifs is 6. The Hall–Kier alpha value is -7.12. The van der Waals surface area contributed by atoms with Crippen molar-refractivity contribution >= 4 is 43.6 Å². The Morgan fingerprint density at radius 2 is 1.10 bits per heavy atom. The molecule has 4 aromatic heterocycles. The SMILES string of the molecule is O=c1[nH]ccc2c3c(-c4ccc5c(c4)c4ccccc4n5-c4ccccc4)cccc3n(-c3nc(-c4ccccc4)nc(-c4ccccc4)n3)c12. The van der Waals surface area contributed by atoms with Gasteiger partial charge in [0, 0.05) is 44.6 Å². The fraction of sp³-hybridized carbons (Fsp3) is 0. The Labute approximate surface area is 291 Å². The van der Waals surface area contributed by atoms with Gasteiger partial charge < -0.3 is 9.55 Å². The average Bonchev–Trinajstić information content (AvgIpc) is 3.72. The zero-order valence-corrected chi connectivity index (χ0v) is 27.2. The lowest BCUT2D eigenvalue weighted by atomic mass is 9.98. The summed E-state index contributed by atoms with van der Waals surface area (Å²) in [5, 5.41) is 4.10. The number of hydrogen-bond acceptors (Lipinski definition) is 4. The van der Waals surface area contributed by atoms with Crippen LogP contribution in [-0.4, -0.2) is 29.1 Å². The largest absolute Gasteiger partial charge is 0.327 e. The zero-order chi connectivity index (χ0) is 33.9. The summed E-state index contributed by atoms with van der Waals surface area (Å²) in [5.41, 5.74) is 8.26. The van der Waals surface area contributed by atoms with Crippen molar-refractivity contribution in [2.75, 3.05) is 0 Å². The number of aromatic nitrogens is 6. The summed E-state index contributed by atoms with van der Waals surface area (Å²) in [6.07, 6.45) is 1.71. The second-order valence-corrected chi connectivity index (χ2v) is 12.5. The van der Waals surface area contributed by atoms with E-state index in [2.05, 4.69) is 82.3 Å². The van der Waals surface area contributed by atoms with E-state index in [1.807, 2.05) is 89.5 Å². The van der Waals surface area contributed by atoms with Crippen molar-refractivity contribution in [1.29, 1.82) is 0 Å². The molecular weight excluding hydrogens is 629 g/mol. The van der Waals surface area contributed by atoms with Gasteiger partial charge in [-0.3, -0.25) is 9.36 Å². The van der Waals surface area contributed by atoms with Crippen molar-refractivity contribution in [3.63, 3.8) is 0 Å². The monoisotopic (exact) mass is 656 g/mol. The van der Waals surface area contributed by atoms with E-state index in [-0.39, 0.29) is 5.56 Å². The molecule has 0 aliphatic heterocycles. The van der Waals surface area contributed by atoms with Crippen LogP contribution in [0.3, 0.4) is 0 Å². The highest BCUT2D eigenvalue weighted by atomic mass is 16.1. The van der Waals surface area contributed by atoms with E-state index in [4.69, 9.17) is 15.0 Å². The molecule has 0 saturated carbocycles. The second kappa shape index (κ2) is 11.5. The Morgan fingerprint density at radius 1 is 0.471 bits per heavy atom. The number of aromatic amines is 1. The van der Waals surface area contributed by atoms with E-state index in [0.29, 0.717) is 23.1 Å². The fourth-order valence-corrected chi connectivity index (χ4v) is 7.37. The van der Waals surface area contributed by atoms with E-state index in [9.17, 15) is 4.79 Å². The molecule has 0 unspecified atom stereocenters. The Balaban J connectivity index is 1.25. The van der Waals surface area contributed by atoms with E-state index >= 15 is 0 Å². The maximum atomic E-state index is 13.8. The van der Waals surface area contributed by atoms with Crippen molar-refractivity contribution in [2.45, 2.75) is 0 Å². The Bertz CT molecular complexity index is 2920. The number of para-hydroxylation sites is 2. The molecule has 10 rings (SSSR count). The topological polar surface area (TPSA) is 81.4 Å². The van der Waals surface area contributed by atoms with Gasteiger partial charge in [0.2, 0.25) is 5.95 Å². The van der Waals surface area contributed by atoms with Crippen molar-refractivity contribution in [1.82, 2.24) is 29.1 Å². The molecule has 7 heteroatoms. The predicted molar refractivity (Wildman–Crippen MR) is 205 cm³/mol. The molecule has 1 N–H and O–H groups in total. The lowest BCUT2D eigenvalue weighted by molar-refractivity contribution is 0.948. The first-order valence-corrected chi connectivity index (χ1v) is 16.8. The second-order valence-electron chi connectivity index (χ2n) is 12.5. The van der Waals surface area contributed by atoms with Gasteiger partial charge >= 0.3 is 0 Å². The standard InChI is InChI=1S/C44H28N6O/c51-43-40-34(25-26-45-43)39-32(30-23-24-37-35(27-30)33-19-10-11-21-36(33)49(37)31-17-8-3-9-18-31)20-12-22-38(39)50(40)44-47-41(28-13-4-1-5-14-28)46-42(48-44)29-15-6-2-7-16-29/h1-27H,(H,45,51). The maximum absolute atomic E-state index is 13.8. The van der Waals surface area contributed by atoms with Gasteiger partial charge in [-0.15, -0.1) is 0 Å². The van der Waals surface area contributed by atoms with Crippen LogP contribution in [0.25, 0.3) is 89.2 Å². The Kier molecular flexibility index (Phi) is 6.50. The van der Waals surface area contributed by atoms with Crippen molar-refractivity contribution in [2.24, 2.45) is 0 Å². The molecule has 0 amide bonds. The molecule has 6 aromatic carbocycles. The van der Waals surface area contributed by atoms with Gasteiger partial charge in [0.1, 0.15) is 5.52 Å². The maximum Gasteiger partial charge on any atom is 0.272 e. The number of hydrogen-bond donors (Lipinski definition) is 1. The number of pyridine rings is 1. The lowest BCUT2D eigenvalue weighted by Gasteiger charge is -2.11. The molecule has 7 nitrogen and oxygen atoms in total. The highest BCUT2D eigenvalue weighted by Gasteiger charge is 2.22. The first-order valence-electron chi connectivity index (χ1n) is 16.8. The van der Waals surface area contributed by atoms with Gasteiger partial charge in [-0.2, -0.15) is 9.97 Å². The number of rotatable bonds is 5. The van der Waals surface area contributed by atoms with Crippen LogP contribution in [0.5, 0.6) is 0 Å². The highest BCUT2D eigenvalue weighted by molar-refractivity contribution is 6.17. The number of nitrogens with zero attached hydrogens (tertiary/aromatic N) is 5. The molecule has 0 bridgehead atoms. The average molecular weight is 657 g/mol. The van der Waals surface area contributed by atoms with E-state index in [0.717, 1.165) is 60.6 Å². The first-order chi connectivity index (χ1) is 25.2. The van der Waals surface area contributed by atoms with Crippen LogP contribution in [0.2, 0.25) is 0 Å². The van der Waals surface area contributed by atoms with Gasteiger partial charge in [-0.05, 0) is 53.6 Å². The summed E-state index contributed by atoms with van der Waals surface area (Å²) in [6.45, 7) is 0. The number of benzene rings is 6. The van der Waals surface area contributed by atoms with E-state index in [1.54, 1.807) is 6.20 Å². The quantitative estimate of drug-likeness (QED) is 0.200. The highest BCUT2D eigenvalue weighted by Crippen LogP contribution is 2.40.